The van der Waals surface area contributed by atoms with Gasteiger partial charge in [0.05, 0.1) is 7.11 Å². The summed E-state index contributed by atoms with van der Waals surface area (Å²) in [5.41, 5.74) is 1.58. The third-order valence-electron chi connectivity index (χ3n) is 3.61. The molecular weight excluding hydrogens is 198 g/mol. The van der Waals surface area contributed by atoms with Crippen LogP contribution in [0.5, 0.6) is 5.75 Å². The Bertz CT molecular complexity index is 342. The van der Waals surface area contributed by atoms with E-state index < -0.39 is 0 Å². The van der Waals surface area contributed by atoms with Crippen LogP contribution in [0.15, 0.2) is 24.3 Å². The molecule has 0 spiro atoms. The molecular formula is C14H21NO. The monoisotopic (exact) mass is 219 g/mol. The second-order valence-electron chi connectivity index (χ2n) is 4.93. The molecule has 2 nitrogen and oxygen atoms in total. The Morgan fingerprint density at radius 1 is 1.25 bits per heavy atom. The summed E-state index contributed by atoms with van der Waals surface area (Å²) in [6.45, 7) is 3.23. The molecule has 0 atom stereocenters. The number of benzene rings is 1. The highest BCUT2D eigenvalue weighted by Gasteiger charge is 2.27. The minimum absolute atomic E-state index is 0.334. The maximum Gasteiger partial charge on any atom is 0.123 e. The minimum Gasteiger partial charge on any atom is -0.496 e. The number of methoxy groups -OCH3 is 1. The summed E-state index contributed by atoms with van der Waals surface area (Å²) < 4.78 is 5.35. The second-order valence-corrected chi connectivity index (χ2v) is 4.93. The SMILES string of the molecule is COc1ccccc1CNC1(C)CCCC1. The predicted octanol–water partition coefficient (Wildman–Crippen LogP) is 3.12. The van der Waals surface area contributed by atoms with Crippen molar-refractivity contribution >= 4 is 0 Å². The quantitative estimate of drug-likeness (QED) is 0.840. The zero-order chi connectivity index (χ0) is 11.4. The van der Waals surface area contributed by atoms with Crippen LogP contribution in [-0.4, -0.2) is 12.6 Å². The van der Waals surface area contributed by atoms with Gasteiger partial charge in [-0.3, -0.25) is 0 Å². The molecule has 1 N–H and O–H groups in total. The lowest BCUT2D eigenvalue weighted by Gasteiger charge is -2.25. The number of nitrogens with one attached hydrogen (secondary N) is 1. The van der Waals surface area contributed by atoms with Crippen LogP contribution in [-0.2, 0) is 6.54 Å². The molecule has 0 saturated heterocycles. The van der Waals surface area contributed by atoms with Crippen molar-refractivity contribution in [2.75, 3.05) is 7.11 Å². The summed E-state index contributed by atoms with van der Waals surface area (Å²) >= 11 is 0. The van der Waals surface area contributed by atoms with Gasteiger partial charge in [-0.1, -0.05) is 31.0 Å². The van der Waals surface area contributed by atoms with Crippen LogP contribution in [0.2, 0.25) is 0 Å². The van der Waals surface area contributed by atoms with Gasteiger partial charge >= 0.3 is 0 Å². The predicted molar refractivity (Wildman–Crippen MR) is 66.7 cm³/mol. The van der Waals surface area contributed by atoms with Gasteiger partial charge in [0.15, 0.2) is 0 Å². The van der Waals surface area contributed by atoms with E-state index in [1.165, 1.54) is 31.2 Å². The number of hydrogen-bond donors (Lipinski definition) is 1. The number of rotatable bonds is 4. The first-order valence-corrected chi connectivity index (χ1v) is 6.10. The molecule has 2 rings (SSSR count). The molecule has 0 unspecified atom stereocenters. The Labute approximate surface area is 98.0 Å². The fourth-order valence-electron chi connectivity index (χ4n) is 2.49. The molecule has 2 heteroatoms. The Balaban J connectivity index is 1.98. The summed E-state index contributed by atoms with van der Waals surface area (Å²) in [4.78, 5) is 0. The standard InChI is InChI=1S/C14H21NO/c1-14(9-5-6-10-14)15-11-12-7-3-4-8-13(12)16-2/h3-4,7-8,15H,5-6,9-11H2,1-2H3. The fourth-order valence-corrected chi connectivity index (χ4v) is 2.49. The normalized spacial score (nSPS) is 18.6. The van der Waals surface area contributed by atoms with Gasteiger partial charge in [-0.25, -0.2) is 0 Å². The van der Waals surface area contributed by atoms with Crippen LogP contribution in [0.1, 0.15) is 38.2 Å². The highest BCUT2D eigenvalue weighted by atomic mass is 16.5. The number of ether oxygens (including phenoxy) is 1. The molecule has 16 heavy (non-hydrogen) atoms. The first-order chi connectivity index (χ1) is 7.73. The second kappa shape index (κ2) is 4.88. The molecule has 0 amide bonds. The molecule has 1 saturated carbocycles. The molecule has 0 aliphatic heterocycles. The van der Waals surface area contributed by atoms with Gasteiger partial charge in [-0.05, 0) is 25.8 Å². The average molecular weight is 219 g/mol. The molecule has 1 aliphatic rings. The molecule has 1 aromatic rings. The Kier molecular flexibility index (Phi) is 3.49. The first kappa shape index (κ1) is 11.5. The third kappa shape index (κ3) is 2.56. The summed E-state index contributed by atoms with van der Waals surface area (Å²) in [6.07, 6.45) is 5.30. The van der Waals surface area contributed by atoms with Crippen LogP contribution in [0.4, 0.5) is 0 Å². The molecule has 0 heterocycles. The molecule has 0 radical (unpaired) electrons. The van der Waals surface area contributed by atoms with E-state index in [0.717, 1.165) is 12.3 Å². The van der Waals surface area contributed by atoms with E-state index in [4.69, 9.17) is 4.74 Å². The van der Waals surface area contributed by atoms with Crippen LogP contribution in [0.3, 0.4) is 0 Å². The summed E-state index contributed by atoms with van der Waals surface area (Å²) in [5, 5.41) is 3.67. The zero-order valence-electron chi connectivity index (χ0n) is 10.3. The molecule has 1 fully saturated rings. The minimum atomic E-state index is 0.334. The van der Waals surface area contributed by atoms with Crippen LogP contribution in [0.25, 0.3) is 0 Å². The van der Waals surface area contributed by atoms with E-state index in [1.807, 2.05) is 12.1 Å². The van der Waals surface area contributed by atoms with E-state index >= 15 is 0 Å². The summed E-state index contributed by atoms with van der Waals surface area (Å²) in [6, 6.07) is 8.23. The lowest BCUT2D eigenvalue weighted by Crippen LogP contribution is -2.38. The highest BCUT2D eigenvalue weighted by molar-refractivity contribution is 5.33. The van der Waals surface area contributed by atoms with Crippen LogP contribution >= 0.6 is 0 Å². The van der Waals surface area contributed by atoms with Gasteiger partial charge in [-0.2, -0.15) is 0 Å². The van der Waals surface area contributed by atoms with Gasteiger partial charge in [0.25, 0.3) is 0 Å². The van der Waals surface area contributed by atoms with Crippen molar-refractivity contribution in [1.29, 1.82) is 0 Å². The Morgan fingerprint density at radius 2 is 1.94 bits per heavy atom. The molecule has 88 valence electrons. The first-order valence-electron chi connectivity index (χ1n) is 6.10. The maximum atomic E-state index is 5.35. The highest BCUT2D eigenvalue weighted by Crippen LogP contribution is 2.29. The van der Waals surface area contributed by atoms with Crippen LogP contribution < -0.4 is 10.1 Å². The van der Waals surface area contributed by atoms with Crippen molar-refractivity contribution in [3.05, 3.63) is 29.8 Å². The average Bonchev–Trinajstić information content (AvgIpc) is 2.74. The summed E-state index contributed by atoms with van der Waals surface area (Å²) in [7, 11) is 1.73. The topological polar surface area (TPSA) is 21.3 Å². The molecule has 0 aromatic heterocycles. The Morgan fingerprint density at radius 3 is 2.62 bits per heavy atom. The lowest BCUT2D eigenvalue weighted by molar-refractivity contribution is 0.354. The maximum absolute atomic E-state index is 5.35. The van der Waals surface area contributed by atoms with Crippen LogP contribution in [0, 0.1) is 0 Å². The van der Waals surface area contributed by atoms with E-state index in [9.17, 15) is 0 Å². The van der Waals surface area contributed by atoms with Gasteiger partial charge in [0, 0.05) is 17.6 Å². The molecule has 1 aromatic carbocycles. The van der Waals surface area contributed by atoms with E-state index in [-0.39, 0.29) is 0 Å². The van der Waals surface area contributed by atoms with Crippen molar-refractivity contribution < 1.29 is 4.74 Å². The molecule has 0 bridgehead atoms. The third-order valence-corrected chi connectivity index (χ3v) is 3.61. The summed E-state index contributed by atoms with van der Waals surface area (Å²) in [5.74, 6) is 0.983. The van der Waals surface area contributed by atoms with E-state index in [1.54, 1.807) is 7.11 Å². The lowest BCUT2D eigenvalue weighted by atomic mass is 10.0. The van der Waals surface area contributed by atoms with Crippen molar-refractivity contribution in [3.8, 4) is 5.75 Å². The van der Waals surface area contributed by atoms with Gasteiger partial charge < -0.3 is 10.1 Å². The Hall–Kier alpha value is -1.02. The van der Waals surface area contributed by atoms with Crippen molar-refractivity contribution in [3.63, 3.8) is 0 Å². The van der Waals surface area contributed by atoms with Gasteiger partial charge in [-0.15, -0.1) is 0 Å². The van der Waals surface area contributed by atoms with Gasteiger partial charge in [0.2, 0.25) is 0 Å². The van der Waals surface area contributed by atoms with E-state index in [2.05, 4.69) is 24.4 Å². The van der Waals surface area contributed by atoms with E-state index in [0.29, 0.717) is 5.54 Å². The number of para-hydroxylation sites is 1. The molecule has 1 aliphatic carbocycles. The van der Waals surface area contributed by atoms with Crippen molar-refractivity contribution in [2.45, 2.75) is 44.7 Å². The fraction of sp³-hybridized carbons (Fsp3) is 0.571. The largest absolute Gasteiger partial charge is 0.496 e. The zero-order valence-corrected chi connectivity index (χ0v) is 10.3. The smallest absolute Gasteiger partial charge is 0.123 e. The van der Waals surface area contributed by atoms with Crippen molar-refractivity contribution in [1.82, 2.24) is 5.32 Å². The number of hydrogen-bond acceptors (Lipinski definition) is 2. The van der Waals surface area contributed by atoms with Crippen molar-refractivity contribution in [2.24, 2.45) is 0 Å². The van der Waals surface area contributed by atoms with Gasteiger partial charge in [0.1, 0.15) is 5.75 Å².